The van der Waals surface area contributed by atoms with Gasteiger partial charge in [0.1, 0.15) is 6.04 Å². The lowest BCUT2D eigenvalue weighted by Gasteiger charge is -2.39. The van der Waals surface area contributed by atoms with Crippen LogP contribution in [0.15, 0.2) is 24.3 Å². The van der Waals surface area contributed by atoms with Crippen molar-refractivity contribution in [3.63, 3.8) is 0 Å². The molecule has 142 valence electrons. The summed E-state index contributed by atoms with van der Waals surface area (Å²) in [6.45, 7) is 3.92. The van der Waals surface area contributed by atoms with E-state index in [9.17, 15) is 19.6 Å². The molecule has 2 aliphatic rings. The minimum Gasteiger partial charge on any atom is -0.343 e. The number of piperazine rings is 1. The molecule has 1 atom stereocenters. The summed E-state index contributed by atoms with van der Waals surface area (Å²) in [4.78, 5) is 41.9. The van der Waals surface area contributed by atoms with Crippen LogP contribution in [0.1, 0.15) is 37.3 Å². The molecule has 0 aliphatic carbocycles. The van der Waals surface area contributed by atoms with E-state index in [2.05, 4.69) is 6.07 Å². The summed E-state index contributed by atoms with van der Waals surface area (Å²) in [6, 6.07) is 8.68. The van der Waals surface area contributed by atoms with Gasteiger partial charge in [-0.25, -0.2) is 0 Å². The molecule has 2 heterocycles. The van der Waals surface area contributed by atoms with E-state index in [1.54, 1.807) is 28.9 Å². The van der Waals surface area contributed by atoms with E-state index >= 15 is 0 Å². The van der Waals surface area contributed by atoms with Gasteiger partial charge in [0.15, 0.2) is 0 Å². The molecular formula is C20H24N4O3. The maximum atomic E-state index is 12.7. The maximum Gasteiger partial charge on any atom is 0.245 e. The fourth-order valence-corrected chi connectivity index (χ4v) is 3.70. The summed E-state index contributed by atoms with van der Waals surface area (Å²) in [6.07, 6.45) is 2.18. The van der Waals surface area contributed by atoms with Gasteiger partial charge in [-0.3, -0.25) is 14.4 Å². The van der Waals surface area contributed by atoms with Gasteiger partial charge in [0.05, 0.1) is 18.2 Å². The number of hydrogen-bond acceptors (Lipinski definition) is 4. The number of rotatable bonds is 6. The molecule has 7 heteroatoms. The number of carbonyl (C=O) groups is 3. The second kappa shape index (κ2) is 8.21. The van der Waals surface area contributed by atoms with E-state index in [0.717, 1.165) is 18.5 Å². The van der Waals surface area contributed by atoms with Crippen LogP contribution in [-0.4, -0.2) is 64.6 Å². The van der Waals surface area contributed by atoms with Crippen molar-refractivity contribution < 1.29 is 14.4 Å². The number of carbonyl (C=O) groups excluding carboxylic acids is 3. The Morgan fingerprint density at radius 1 is 1.11 bits per heavy atom. The Labute approximate surface area is 159 Å². The SMILES string of the molecule is C[C@H]1C(=O)N(CCCN2CCCC2=O)CC(=O)N1Cc1ccccc1C#N. The van der Waals surface area contributed by atoms with Crippen molar-refractivity contribution in [1.29, 1.82) is 5.26 Å². The van der Waals surface area contributed by atoms with Crippen LogP contribution in [0.4, 0.5) is 0 Å². The normalized spacial score (nSPS) is 20.4. The molecule has 7 nitrogen and oxygen atoms in total. The summed E-state index contributed by atoms with van der Waals surface area (Å²) in [5.74, 6) is -0.0318. The van der Waals surface area contributed by atoms with E-state index in [-0.39, 0.29) is 30.8 Å². The fourth-order valence-electron chi connectivity index (χ4n) is 3.70. The maximum absolute atomic E-state index is 12.7. The minimum absolute atomic E-state index is 0.0475. The Balaban J connectivity index is 1.59. The highest BCUT2D eigenvalue weighted by atomic mass is 16.2. The highest BCUT2D eigenvalue weighted by Gasteiger charge is 2.36. The third kappa shape index (κ3) is 4.11. The van der Waals surface area contributed by atoms with Gasteiger partial charge in [0.2, 0.25) is 17.7 Å². The Hall–Kier alpha value is -2.88. The highest BCUT2D eigenvalue weighted by Crippen LogP contribution is 2.19. The molecule has 1 aromatic carbocycles. The van der Waals surface area contributed by atoms with Crippen molar-refractivity contribution in [2.24, 2.45) is 0 Å². The van der Waals surface area contributed by atoms with Crippen LogP contribution in [0.25, 0.3) is 0 Å². The predicted molar refractivity (Wildman–Crippen MR) is 98.2 cm³/mol. The number of likely N-dealkylation sites (tertiary alicyclic amines) is 1. The second-order valence-electron chi connectivity index (χ2n) is 7.06. The van der Waals surface area contributed by atoms with Crippen molar-refractivity contribution in [3.05, 3.63) is 35.4 Å². The average Bonchev–Trinajstić information content (AvgIpc) is 3.08. The van der Waals surface area contributed by atoms with E-state index < -0.39 is 6.04 Å². The molecular weight excluding hydrogens is 344 g/mol. The third-order valence-corrected chi connectivity index (χ3v) is 5.29. The molecule has 2 saturated heterocycles. The topological polar surface area (TPSA) is 84.7 Å². The molecule has 1 aromatic rings. The van der Waals surface area contributed by atoms with Crippen LogP contribution in [0.2, 0.25) is 0 Å². The van der Waals surface area contributed by atoms with Gasteiger partial charge in [0.25, 0.3) is 0 Å². The number of nitrogens with zero attached hydrogens (tertiary/aromatic N) is 4. The van der Waals surface area contributed by atoms with Crippen LogP contribution < -0.4 is 0 Å². The lowest BCUT2D eigenvalue weighted by molar-refractivity contribution is -0.155. The van der Waals surface area contributed by atoms with Gasteiger partial charge in [-0.15, -0.1) is 0 Å². The first-order valence-electron chi connectivity index (χ1n) is 9.35. The molecule has 27 heavy (non-hydrogen) atoms. The first-order valence-corrected chi connectivity index (χ1v) is 9.35. The summed E-state index contributed by atoms with van der Waals surface area (Å²) >= 11 is 0. The molecule has 0 bridgehead atoms. The van der Waals surface area contributed by atoms with E-state index in [4.69, 9.17) is 0 Å². The molecule has 0 N–H and O–H groups in total. The number of amides is 3. The quantitative estimate of drug-likeness (QED) is 0.753. The third-order valence-electron chi connectivity index (χ3n) is 5.29. The molecule has 0 aromatic heterocycles. The first kappa shape index (κ1) is 18.9. The fraction of sp³-hybridized carbons (Fsp3) is 0.500. The van der Waals surface area contributed by atoms with Crippen molar-refractivity contribution in [2.45, 2.75) is 38.8 Å². The van der Waals surface area contributed by atoms with E-state index in [1.165, 1.54) is 0 Å². The lowest BCUT2D eigenvalue weighted by Crippen LogP contribution is -2.58. The van der Waals surface area contributed by atoms with Crippen molar-refractivity contribution in [2.75, 3.05) is 26.2 Å². The summed E-state index contributed by atoms with van der Waals surface area (Å²) in [5, 5.41) is 9.22. The lowest BCUT2D eigenvalue weighted by atomic mass is 10.1. The minimum atomic E-state index is -0.564. The van der Waals surface area contributed by atoms with Gasteiger partial charge in [-0.2, -0.15) is 5.26 Å². The number of benzene rings is 1. The molecule has 0 saturated carbocycles. The Morgan fingerprint density at radius 3 is 2.56 bits per heavy atom. The predicted octanol–water partition coefficient (Wildman–Crippen LogP) is 1.13. The van der Waals surface area contributed by atoms with Crippen LogP contribution in [0.3, 0.4) is 0 Å². The van der Waals surface area contributed by atoms with Gasteiger partial charge >= 0.3 is 0 Å². The zero-order valence-corrected chi connectivity index (χ0v) is 15.6. The van der Waals surface area contributed by atoms with E-state index in [1.807, 2.05) is 17.0 Å². The number of nitriles is 1. The monoisotopic (exact) mass is 368 g/mol. The molecule has 2 fully saturated rings. The summed E-state index contributed by atoms with van der Waals surface area (Å²) in [7, 11) is 0. The largest absolute Gasteiger partial charge is 0.343 e. The zero-order chi connectivity index (χ0) is 19.4. The number of hydrogen-bond donors (Lipinski definition) is 0. The Morgan fingerprint density at radius 2 is 1.85 bits per heavy atom. The molecule has 0 unspecified atom stereocenters. The van der Waals surface area contributed by atoms with Crippen molar-refractivity contribution in [3.8, 4) is 6.07 Å². The molecule has 0 spiro atoms. The first-order chi connectivity index (χ1) is 13.0. The van der Waals surface area contributed by atoms with Gasteiger partial charge in [-0.1, -0.05) is 18.2 Å². The summed E-state index contributed by atoms with van der Waals surface area (Å²) < 4.78 is 0. The smallest absolute Gasteiger partial charge is 0.245 e. The highest BCUT2D eigenvalue weighted by molar-refractivity contribution is 5.94. The van der Waals surface area contributed by atoms with Crippen molar-refractivity contribution >= 4 is 17.7 Å². The average molecular weight is 368 g/mol. The van der Waals surface area contributed by atoms with Crippen LogP contribution >= 0.6 is 0 Å². The van der Waals surface area contributed by atoms with Crippen LogP contribution in [0, 0.1) is 11.3 Å². The molecule has 3 rings (SSSR count). The van der Waals surface area contributed by atoms with Crippen molar-refractivity contribution in [1.82, 2.24) is 14.7 Å². The van der Waals surface area contributed by atoms with E-state index in [0.29, 0.717) is 31.5 Å². The zero-order valence-electron chi connectivity index (χ0n) is 15.6. The molecule has 0 radical (unpaired) electrons. The van der Waals surface area contributed by atoms with Gasteiger partial charge in [0, 0.05) is 32.6 Å². The Bertz CT molecular complexity index is 786. The molecule has 2 aliphatic heterocycles. The van der Waals surface area contributed by atoms with Gasteiger partial charge < -0.3 is 14.7 Å². The molecule has 3 amide bonds. The summed E-state index contributed by atoms with van der Waals surface area (Å²) in [5.41, 5.74) is 1.26. The Kier molecular flexibility index (Phi) is 5.75. The standard InChI is InChI=1S/C20H24N4O3/c1-15-20(27)23(11-5-10-22-9-4-8-18(22)25)14-19(26)24(15)13-17-7-3-2-6-16(17)12-21/h2-3,6-7,15H,4-5,8-11,13-14H2,1H3/t15-/m0/s1. The van der Waals surface area contributed by atoms with Crippen LogP contribution in [-0.2, 0) is 20.9 Å². The van der Waals surface area contributed by atoms with Crippen LogP contribution in [0.5, 0.6) is 0 Å². The second-order valence-corrected chi connectivity index (χ2v) is 7.06. The van der Waals surface area contributed by atoms with Gasteiger partial charge in [-0.05, 0) is 31.4 Å².